The van der Waals surface area contributed by atoms with Gasteiger partial charge in [0.05, 0.1) is 17.5 Å². The van der Waals surface area contributed by atoms with Gasteiger partial charge in [0.15, 0.2) is 21.3 Å². The van der Waals surface area contributed by atoms with E-state index in [2.05, 4.69) is 91.0 Å². The van der Waals surface area contributed by atoms with Crippen LogP contribution in [0.4, 0.5) is 8.78 Å². The molecule has 0 aromatic heterocycles. The summed E-state index contributed by atoms with van der Waals surface area (Å²) in [5.74, 6) is -5.60. The maximum Gasteiger partial charge on any atom is 0.344 e. The molecule has 2 N–H and O–H groups in total. The van der Waals surface area contributed by atoms with E-state index in [9.17, 15) is 36.8 Å². The lowest BCUT2D eigenvalue weighted by molar-refractivity contribution is -0.146. The van der Waals surface area contributed by atoms with Crippen LogP contribution in [0.5, 0.6) is 17.2 Å². The van der Waals surface area contributed by atoms with E-state index in [1.54, 1.807) is 36.4 Å². The molecule has 7 aromatic rings. The highest BCUT2D eigenvalue weighted by molar-refractivity contribution is 7.97. The largest absolute Gasteiger partial charge is 0.748 e. The maximum absolute atomic E-state index is 13.5. The summed E-state index contributed by atoms with van der Waals surface area (Å²) >= 11 is 0. The quantitative estimate of drug-likeness (QED) is 0.0451. The van der Waals surface area contributed by atoms with Crippen molar-refractivity contribution in [2.75, 3.05) is 19.0 Å². The van der Waals surface area contributed by atoms with Crippen molar-refractivity contribution < 1.29 is 46.2 Å². The Bertz CT molecular complexity index is 2420. The highest BCUT2D eigenvalue weighted by Crippen LogP contribution is 2.35. The van der Waals surface area contributed by atoms with Crippen LogP contribution >= 0.6 is 0 Å². The van der Waals surface area contributed by atoms with Gasteiger partial charge in [0.2, 0.25) is 0 Å². The maximum atomic E-state index is 13.5. The van der Waals surface area contributed by atoms with Crippen LogP contribution < -0.4 is 4.74 Å². The van der Waals surface area contributed by atoms with Gasteiger partial charge in [0, 0.05) is 6.42 Å². The molecule has 0 heterocycles. The molecule has 0 aliphatic heterocycles. The third kappa shape index (κ3) is 13.5. The van der Waals surface area contributed by atoms with Crippen molar-refractivity contribution in [1.29, 1.82) is 0 Å². The van der Waals surface area contributed by atoms with Crippen molar-refractivity contribution in [1.82, 2.24) is 0 Å². The number of halogens is 2. The van der Waals surface area contributed by atoms with Crippen LogP contribution in [-0.2, 0) is 30.5 Å². The SMILES string of the molecule is O=C(COc1ccc(-c2cc(-c3ccc(O)cc3)cc(-c3ccc(O)cc3)c2)cc1)OCCCC(F)(F)CS(=O)(=O)[O-].c1ccc([S+](c2ccccc2)c2ccccc2)cc1. The van der Waals surface area contributed by atoms with E-state index in [4.69, 9.17) is 9.47 Å². The summed E-state index contributed by atoms with van der Waals surface area (Å²) in [6.45, 7) is -0.845. The first kappa shape index (κ1) is 44.1. The molecular formula is C49H42F2O8S2. The van der Waals surface area contributed by atoms with E-state index in [0.29, 0.717) is 5.75 Å². The number of carbonyl (C=O) groups is 1. The molecule has 0 aliphatic rings. The third-order valence-electron chi connectivity index (χ3n) is 9.15. The number of hydrogen-bond donors (Lipinski definition) is 2. The van der Waals surface area contributed by atoms with Crippen LogP contribution in [0, 0.1) is 0 Å². The Balaban J connectivity index is 0.000000270. The van der Waals surface area contributed by atoms with Gasteiger partial charge >= 0.3 is 5.97 Å². The van der Waals surface area contributed by atoms with Gasteiger partial charge in [0.25, 0.3) is 5.92 Å². The summed E-state index contributed by atoms with van der Waals surface area (Å²) in [5, 5.41) is 19.4. The molecule has 8 nitrogen and oxygen atoms in total. The fourth-order valence-electron chi connectivity index (χ4n) is 6.29. The number of hydrogen-bond acceptors (Lipinski definition) is 8. The lowest BCUT2D eigenvalue weighted by Crippen LogP contribution is -2.28. The number of phenols is 2. The number of esters is 1. The molecule has 7 rings (SSSR count). The van der Waals surface area contributed by atoms with Crippen molar-refractivity contribution in [3.63, 3.8) is 0 Å². The first-order valence-electron chi connectivity index (χ1n) is 19.2. The predicted molar refractivity (Wildman–Crippen MR) is 233 cm³/mol. The highest BCUT2D eigenvalue weighted by Gasteiger charge is 2.31. The minimum Gasteiger partial charge on any atom is -0.748 e. The smallest absolute Gasteiger partial charge is 0.344 e. The molecule has 7 aromatic carbocycles. The topological polar surface area (TPSA) is 133 Å². The minimum absolute atomic E-state index is 0.0146. The lowest BCUT2D eigenvalue weighted by Gasteiger charge is -2.18. The monoisotopic (exact) mass is 860 g/mol. The van der Waals surface area contributed by atoms with Gasteiger partial charge in [-0.25, -0.2) is 22.0 Å². The molecule has 0 radical (unpaired) electrons. The number of phenolic OH excluding ortho intramolecular Hbond substituents is 2. The number of ether oxygens (including phenoxy) is 2. The van der Waals surface area contributed by atoms with Gasteiger partial charge in [-0.2, -0.15) is 0 Å². The number of aromatic hydroxyl groups is 2. The van der Waals surface area contributed by atoms with E-state index in [-0.39, 0.29) is 35.4 Å². The van der Waals surface area contributed by atoms with E-state index in [1.807, 2.05) is 54.6 Å². The number of alkyl halides is 2. The number of benzene rings is 7. The Hall–Kier alpha value is -6.47. The average molecular weight is 861 g/mol. The summed E-state index contributed by atoms with van der Waals surface area (Å²) in [6.07, 6.45) is -1.23. The summed E-state index contributed by atoms with van der Waals surface area (Å²) in [6, 6.07) is 58.8. The zero-order chi connectivity index (χ0) is 43.2. The summed E-state index contributed by atoms with van der Waals surface area (Å²) < 4.78 is 68.8. The van der Waals surface area contributed by atoms with Crippen LogP contribution in [0.25, 0.3) is 33.4 Å². The molecule has 0 bridgehead atoms. The van der Waals surface area contributed by atoms with Gasteiger partial charge in [-0.1, -0.05) is 91.0 Å². The number of rotatable bonds is 15. The van der Waals surface area contributed by atoms with Crippen molar-refractivity contribution in [3.8, 4) is 50.6 Å². The highest BCUT2D eigenvalue weighted by atomic mass is 32.2. The fourth-order valence-corrected chi connectivity index (χ4v) is 9.05. The second kappa shape index (κ2) is 20.7. The molecule has 0 spiro atoms. The lowest BCUT2D eigenvalue weighted by atomic mass is 9.93. The van der Waals surface area contributed by atoms with E-state index >= 15 is 0 Å². The predicted octanol–water partition coefficient (Wildman–Crippen LogP) is 10.8. The first-order chi connectivity index (χ1) is 29.3. The Morgan fingerprint density at radius 2 is 0.951 bits per heavy atom. The van der Waals surface area contributed by atoms with Gasteiger partial charge in [0.1, 0.15) is 33.1 Å². The van der Waals surface area contributed by atoms with Crippen LogP contribution in [-0.4, -0.2) is 54.0 Å². The van der Waals surface area contributed by atoms with Crippen LogP contribution in [0.3, 0.4) is 0 Å². The molecular weight excluding hydrogens is 819 g/mol. The second-order valence-electron chi connectivity index (χ2n) is 13.8. The van der Waals surface area contributed by atoms with Crippen LogP contribution in [0.15, 0.2) is 197 Å². The Morgan fingerprint density at radius 3 is 1.33 bits per heavy atom. The average Bonchev–Trinajstić information content (AvgIpc) is 3.26. The standard InChI is InChI=1S/C31H28F2O8S.C18H15S/c32-31(33,20-42(37,38)39)14-1-15-40-30(36)19-41-29-12-6-23(7-13-29)26-17-24(21-2-8-27(34)9-3-21)16-25(18-26)22-4-10-28(35)11-5-22;1-4-10-16(11-5-1)19(17-12-6-2-7-13-17)18-14-8-3-9-15-18/h2-13,16-18,34-35H,1,14-15,19-20H2,(H,37,38,39);1-15H/q;+1/p-1. The van der Waals surface area contributed by atoms with Crippen LogP contribution in [0.1, 0.15) is 12.8 Å². The Kier molecular flexibility index (Phi) is 14.9. The summed E-state index contributed by atoms with van der Waals surface area (Å²) in [5.41, 5.74) is 5.35. The molecule has 61 heavy (non-hydrogen) atoms. The zero-order valence-corrected chi connectivity index (χ0v) is 34.4. The molecule has 12 heteroatoms. The van der Waals surface area contributed by atoms with Crippen molar-refractivity contribution >= 4 is 27.0 Å². The molecule has 0 saturated heterocycles. The van der Waals surface area contributed by atoms with Crippen molar-refractivity contribution in [2.45, 2.75) is 33.5 Å². The fraction of sp³-hybridized carbons (Fsp3) is 0.122. The minimum atomic E-state index is -5.07. The van der Waals surface area contributed by atoms with Crippen LogP contribution in [0.2, 0.25) is 0 Å². The molecule has 0 amide bonds. The normalized spacial score (nSPS) is 11.3. The van der Waals surface area contributed by atoms with Crippen molar-refractivity contribution in [3.05, 3.63) is 182 Å². The van der Waals surface area contributed by atoms with Gasteiger partial charge in [-0.05, 0) is 131 Å². The Morgan fingerprint density at radius 1 is 0.574 bits per heavy atom. The third-order valence-corrected chi connectivity index (χ3v) is 12.2. The molecule has 0 atom stereocenters. The van der Waals surface area contributed by atoms with E-state index in [0.717, 1.165) is 33.4 Å². The molecule has 0 fully saturated rings. The molecule has 0 saturated carbocycles. The van der Waals surface area contributed by atoms with Gasteiger partial charge in [-0.3, -0.25) is 0 Å². The first-order valence-corrected chi connectivity index (χ1v) is 22.0. The number of carbonyl (C=O) groups excluding carboxylic acids is 1. The molecule has 0 unspecified atom stereocenters. The summed E-state index contributed by atoms with van der Waals surface area (Å²) in [7, 11) is -5.09. The van der Waals surface area contributed by atoms with E-state index < -0.39 is 40.8 Å². The van der Waals surface area contributed by atoms with Gasteiger partial charge < -0.3 is 24.2 Å². The van der Waals surface area contributed by atoms with Crippen molar-refractivity contribution in [2.24, 2.45) is 0 Å². The second-order valence-corrected chi connectivity index (χ2v) is 17.3. The Labute approximate surface area is 356 Å². The summed E-state index contributed by atoms with van der Waals surface area (Å²) in [4.78, 5) is 16.0. The van der Waals surface area contributed by atoms with E-state index in [1.165, 1.54) is 14.7 Å². The molecule has 0 aliphatic carbocycles. The van der Waals surface area contributed by atoms with Gasteiger partial charge in [-0.15, -0.1) is 0 Å². The zero-order valence-electron chi connectivity index (χ0n) is 32.8. The molecule has 312 valence electrons.